The Balaban J connectivity index is 3.95. The Bertz CT molecular complexity index is 414. The fourth-order valence-corrected chi connectivity index (χ4v) is 1.05. The summed E-state index contributed by atoms with van der Waals surface area (Å²) in [7, 11) is 0. The van der Waals surface area contributed by atoms with Crippen LogP contribution in [0.1, 0.15) is 5.56 Å². The molecular formula is C11H10. The van der Waals surface area contributed by atoms with Crippen molar-refractivity contribution in [3.63, 3.8) is 0 Å². The Morgan fingerprint density at radius 3 is 2.36 bits per heavy atom. The van der Waals surface area contributed by atoms with E-state index in [1.807, 2.05) is 25.1 Å². The van der Waals surface area contributed by atoms with Crippen LogP contribution in [0.4, 0.5) is 0 Å². The first-order valence-corrected chi connectivity index (χ1v) is 3.45. The molecule has 0 N–H and O–H groups in total. The van der Waals surface area contributed by atoms with Crippen LogP contribution in [-0.2, 0) is 0 Å². The van der Waals surface area contributed by atoms with Gasteiger partial charge in [-0.25, -0.2) is 0 Å². The highest BCUT2D eigenvalue weighted by Crippen LogP contribution is 1.81. The van der Waals surface area contributed by atoms with Crippen LogP contribution in [0.3, 0.4) is 0 Å². The summed E-state index contributed by atoms with van der Waals surface area (Å²) in [5.41, 5.74) is 6.86. The van der Waals surface area contributed by atoms with E-state index >= 15 is 0 Å². The van der Waals surface area contributed by atoms with Crippen molar-refractivity contribution in [3.8, 4) is 0 Å². The second kappa shape index (κ2) is 3.07. The van der Waals surface area contributed by atoms with Crippen LogP contribution in [-0.4, -0.2) is 0 Å². The molecule has 1 aromatic rings. The van der Waals surface area contributed by atoms with Crippen LogP contribution in [0.5, 0.6) is 0 Å². The molecule has 0 spiro atoms. The topological polar surface area (TPSA) is 0 Å². The Hall–Kier alpha value is -1.48. The molecule has 0 saturated heterocycles. The predicted molar refractivity (Wildman–Crippen MR) is 48.5 cm³/mol. The fraction of sp³-hybridized carbons (Fsp3) is 0.0909. The zero-order valence-electron chi connectivity index (χ0n) is 6.65. The Morgan fingerprint density at radius 1 is 1.18 bits per heavy atom. The van der Waals surface area contributed by atoms with Gasteiger partial charge in [-0.3, -0.25) is 0 Å². The van der Waals surface area contributed by atoms with E-state index in [0.29, 0.717) is 0 Å². The van der Waals surface area contributed by atoms with Gasteiger partial charge in [0.05, 0.1) is 0 Å². The first-order valence-electron chi connectivity index (χ1n) is 3.45. The highest BCUT2D eigenvalue weighted by molar-refractivity contribution is 5.30. The molecule has 0 nitrogen and oxygen atoms in total. The van der Waals surface area contributed by atoms with Gasteiger partial charge in [-0.1, -0.05) is 25.3 Å². The molecular weight excluding hydrogens is 132 g/mol. The van der Waals surface area contributed by atoms with Gasteiger partial charge in [0.2, 0.25) is 0 Å². The highest BCUT2D eigenvalue weighted by Gasteiger charge is 1.85. The van der Waals surface area contributed by atoms with E-state index in [9.17, 15) is 0 Å². The third-order valence-electron chi connectivity index (χ3n) is 1.64. The monoisotopic (exact) mass is 142 g/mol. The number of hydrogen-bond donors (Lipinski definition) is 0. The van der Waals surface area contributed by atoms with Gasteiger partial charge in [-0.05, 0) is 18.6 Å². The zero-order chi connectivity index (χ0) is 8.27. The fourth-order valence-electron chi connectivity index (χ4n) is 1.05. The van der Waals surface area contributed by atoms with E-state index in [0.717, 1.165) is 16.0 Å². The number of benzene rings is 1. The molecule has 0 radical (unpaired) electrons. The molecule has 0 aliphatic carbocycles. The molecule has 11 heavy (non-hydrogen) atoms. The smallest absolute Gasteiger partial charge is 0.0337 e. The minimum atomic E-state index is 0.972. The van der Waals surface area contributed by atoms with Crippen molar-refractivity contribution in [2.24, 2.45) is 0 Å². The predicted octanol–water partition coefficient (Wildman–Crippen LogP) is 1.13. The summed E-state index contributed by atoms with van der Waals surface area (Å²) in [5, 5.41) is 1.97. The quantitative estimate of drug-likeness (QED) is 0.509. The SMILES string of the molecule is C=C=c1cccc(C)c1=C=C. The summed E-state index contributed by atoms with van der Waals surface area (Å²) >= 11 is 0. The molecule has 0 heterocycles. The van der Waals surface area contributed by atoms with Crippen LogP contribution >= 0.6 is 0 Å². The lowest BCUT2D eigenvalue weighted by Gasteiger charge is -1.89. The van der Waals surface area contributed by atoms with Crippen molar-refractivity contribution in [2.45, 2.75) is 6.92 Å². The molecule has 54 valence electrons. The van der Waals surface area contributed by atoms with Crippen LogP contribution < -0.4 is 10.4 Å². The lowest BCUT2D eigenvalue weighted by atomic mass is 10.1. The number of hydrogen-bond acceptors (Lipinski definition) is 0. The van der Waals surface area contributed by atoms with Crippen molar-refractivity contribution in [2.75, 3.05) is 0 Å². The van der Waals surface area contributed by atoms with Crippen LogP contribution in [0, 0.1) is 6.92 Å². The first kappa shape index (κ1) is 7.63. The van der Waals surface area contributed by atoms with Gasteiger partial charge in [0.15, 0.2) is 0 Å². The number of aryl methyl sites for hydroxylation is 1. The summed E-state index contributed by atoms with van der Waals surface area (Å²) in [5.74, 6) is 0. The van der Waals surface area contributed by atoms with E-state index in [2.05, 4.69) is 24.6 Å². The summed E-state index contributed by atoms with van der Waals surface area (Å²) in [4.78, 5) is 0. The lowest BCUT2D eigenvalue weighted by Crippen LogP contribution is -2.24. The van der Waals surface area contributed by atoms with Crippen molar-refractivity contribution in [1.29, 1.82) is 0 Å². The molecule has 0 bridgehead atoms. The maximum absolute atomic E-state index is 3.61. The minimum Gasteiger partial charge on any atom is -0.119 e. The molecule has 1 aromatic carbocycles. The standard InChI is InChI=1S/C11H10/c1-4-10-8-6-7-9(3)11(10)5-2/h6-8H,1-2H2,3H3. The molecule has 1 rings (SSSR count). The average Bonchev–Trinajstić information content (AvgIpc) is 2.04. The molecule has 0 aromatic heterocycles. The second-order valence-corrected chi connectivity index (χ2v) is 2.35. The van der Waals surface area contributed by atoms with E-state index < -0.39 is 0 Å². The molecule has 0 saturated carbocycles. The molecule has 0 aliphatic heterocycles. The van der Waals surface area contributed by atoms with E-state index in [4.69, 9.17) is 0 Å². The maximum atomic E-state index is 3.61. The van der Waals surface area contributed by atoms with E-state index in [-0.39, 0.29) is 0 Å². The van der Waals surface area contributed by atoms with Gasteiger partial charge < -0.3 is 0 Å². The van der Waals surface area contributed by atoms with Crippen LogP contribution in [0.2, 0.25) is 0 Å². The molecule has 0 fully saturated rings. The van der Waals surface area contributed by atoms with Gasteiger partial charge in [0, 0.05) is 10.4 Å². The molecule has 0 heteroatoms. The van der Waals surface area contributed by atoms with E-state index in [1.165, 1.54) is 0 Å². The molecule has 0 atom stereocenters. The third kappa shape index (κ3) is 1.33. The van der Waals surface area contributed by atoms with Gasteiger partial charge in [0.1, 0.15) is 0 Å². The summed E-state index contributed by atoms with van der Waals surface area (Å²) in [6, 6.07) is 5.95. The summed E-state index contributed by atoms with van der Waals surface area (Å²) in [6.45, 7) is 9.22. The Kier molecular flexibility index (Phi) is 2.13. The van der Waals surface area contributed by atoms with Crippen molar-refractivity contribution in [1.82, 2.24) is 0 Å². The minimum absolute atomic E-state index is 0.972. The van der Waals surface area contributed by atoms with Gasteiger partial charge in [0.25, 0.3) is 0 Å². The number of rotatable bonds is 0. The first-order chi connectivity index (χ1) is 5.29. The Morgan fingerprint density at radius 2 is 1.91 bits per heavy atom. The van der Waals surface area contributed by atoms with Crippen molar-refractivity contribution >= 4 is 11.5 Å². The van der Waals surface area contributed by atoms with Gasteiger partial charge in [-0.2, -0.15) is 0 Å². The largest absolute Gasteiger partial charge is 0.119 e. The van der Waals surface area contributed by atoms with Crippen LogP contribution in [0.25, 0.3) is 11.5 Å². The summed E-state index contributed by atoms with van der Waals surface area (Å²) < 4.78 is 0. The molecule has 0 aliphatic rings. The third-order valence-corrected chi connectivity index (χ3v) is 1.64. The Labute approximate surface area is 66.5 Å². The van der Waals surface area contributed by atoms with Gasteiger partial charge in [-0.15, -0.1) is 11.5 Å². The summed E-state index contributed by atoms with van der Waals surface area (Å²) in [6.07, 6.45) is 0. The maximum Gasteiger partial charge on any atom is 0.0337 e. The highest BCUT2D eigenvalue weighted by atomic mass is 13.9. The lowest BCUT2D eigenvalue weighted by molar-refractivity contribution is 1.38. The average molecular weight is 142 g/mol. The molecule has 0 amide bonds. The second-order valence-electron chi connectivity index (χ2n) is 2.35. The van der Waals surface area contributed by atoms with Gasteiger partial charge >= 0.3 is 0 Å². The van der Waals surface area contributed by atoms with Crippen molar-refractivity contribution < 1.29 is 0 Å². The zero-order valence-corrected chi connectivity index (χ0v) is 6.65. The van der Waals surface area contributed by atoms with Crippen LogP contribution in [0.15, 0.2) is 31.4 Å². The van der Waals surface area contributed by atoms with Crippen molar-refractivity contribution in [3.05, 3.63) is 47.4 Å². The molecule has 0 unspecified atom stereocenters. The van der Waals surface area contributed by atoms with E-state index in [1.54, 1.807) is 0 Å². The normalized spacial score (nSPS) is 8.45.